The molecule has 0 aliphatic heterocycles. The van der Waals surface area contributed by atoms with E-state index in [1.54, 1.807) is 0 Å². The van der Waals surface area contributed by atoms with Crippen molar-refractivity contribution >= 4 is 17.2 Å². The van der Waals surface area contributed by atoms with Gasteiger partial charge in [0.05, 0.1) is 5.69 Å². The van der Waals surface area contributed by atoms with Gasteiger partial charge in [-0.05, 0) is 45.9 Å². The summed E-state index contributed by atoms with van der Waals surface area (Å²) in [5.74, 6) is 3.06. The topological polar surface area (TPSA) is 68.3 Å². The lowest BCUT2D eigenvalue weighted by atomic mass is 10.2. The molecule has 0 fully saturated rings. The summed E-state index contributed by atoms with van der Waals surface area (Å²) in [6.45, 7) is 7.94. The number of carbonyl (C=O) groups is 1. The molecule has 0 saturated heterocycles. The van der Waals surface area contributed by atoms with Gasteiger partial charge in [0.15, 0.2) is 10.8 Å². The van der Waals surface area contributed by atoms with E-state index in [9.17, 15) is 4.79 Å². The van der Waals surface area contributed by atoms with Gasteiger partial charge < -0.3 is 14.2 Å². The molecule has 120 valence electrons. The Balaban J connectivity index is 1.75. The van der Waals surface area contributed by atoms with Crippen molar-refractivity contribution in [3.63, 3.8) is 0 Å². The lowest BCUT2D eigenvalue weighted by Crippen LogP contribution is -2.22. The van der Waals surface area contributed by atoms with E-state index in [4.69, 9.17) is 8.83 Å². The summed E-state index contributed by atoms with van der Waals surface area (Å²) in [5, 5.41) is 3.64. The van der Waals surface area contributed by atoms with Crippen molar-refractivity contribution in [2.45, 2.75) is 34.2 Å². The minimum Gasteiger partial charge on any atom is -0.466 e. The number of aryl methyl sites for hydroxylation is 4. The quantitative estimate of drug-likeness (QED) is 0.780. The molecule has 0 aliphatic rings. The van der Waals surface area contributed by atoms with Crippen LogP contribution in [0.2, 0.25) is 0 Å². The zero-order valence-electron chi connectivity index (χ0n) is 13.5. The van der Waals surface area contributed by atoms with Gasteiger partial charge in [-0.15, -0.1) is 11.3 Å². The summed E-state index contributed by atoms with van der Waals surface area (Å²) >= 11 is 1.34. The van der Waals surface area contributed by atoms with Gasteiger partial charge in [0.25, 0.3) is 5.91 Å². The average Bonchev–Trinajstić information content (AvgIpc) is 3.16. The van der Waals surface area contributed by atoms with Gasteiger partial charge in [-0.25, -0.2) is 4.98 Å². The average molecular weight is 330 g/mol. The zero-order chi connectivity index (χ0) is 16.6. The highest BCUT2D eigenvalue weighted by molar-refractivity contribution is 7.17. The highest BCUT2D eigenvalue weighted by atomic mass is 32.1. The third-order valence-corrected chi connectivity index (χ3v) is 4.71. The standard InChI is InChI=1S/C17H18N2O3S/c1-9-5-6-14(22-9)17-19-11(3)15(23-17)16(20)18-8-13-7-10(2)21-12(13)4/h5-7H,8H2,1-4H3,(H,18,20). The van der Waals surface area contributed by atoms with Crippen LogP contribution in [0.1, 0.15) is 38.2 Å². The molecule has 0 bridgehead atoms. The summed E-state index contributed by atoms with van der Waals surface area (Å²) in [6, 6.07) is 5.69. The molecule has 3 heterocycles. The van der Waals surface area contributed by atoms with Crippen LogP contribution in [0.5, 0.6) is 0 Å². The Morgan fingerprint density at radius 1 is 1.17 bits per heavy atom. The largest absolute Gasteiger partial charge is 0.466 e. The molecule has 0 aromatic carbocycles. The van der Waals surface area contributed by atoms with E-state index in [-0.39, 0.29) is 5.91 Å². The van der Waals surface area contributed by atoms with Crippen LogP contribution in [0.25, 0.3) is 10.8 Å². The molecule has 0 radical (unpaired) electrons. The first-order chi connectivity index (χ1) is 10.9. The Kier molecular flexibility index (Phi) is 4.09. The van der Waals surface area contributed by atoms with Crippen molar-refractivity contribution in [2.75, 3.05) is 0 Å². The van der Waals surface area contributed by atoms with E-state index in [0.717, 1.165) is 27.9 Å². The number of furan rings is 2. The second kappa shape index (κ2) is 6.04. The minimum absolute atomic E-state index is 0.132. The first-order valence-corrected chi connectivity index (χ1v) is 8.14. The summed E-state index contributed by atoms with van der Waals surface area (Å²) in [6.07, 6.45) is 0. The van der Waals surface area contributed by atoms with Crippen molar-refractivity contribution in [3.05, 3.63) is 51.6 Å². The van der Waals surface area contributed by atoms with Crippen LogP contribution >= 0.6 is 11.3 Å². The molecule has 0 aliphatic carbocycles. The Bertz CT molecular complexity index is 857. The number of thiazole rings is 1. The van der Waals surface area contributed by atoms with Crippen LogP contribution in [0.4, 0.5) is 0 Å². The number of amides is 1. The fourth-order valence-electron chi connectivity index (χ4n) is 2.38. The van der Waals surface area contributed by atoms with E-state index in [1.807, 2.05) is 45.9 Å². The summed E-state index contributed by atoms with van der Waals surface area (Å²) in [7, 11) is 0. The second-order valence-electron chi connectivity index (χ2n) is 5.47. The monoisotopic (exact) mass is 330 g/mol. The molecule has 1 N–H and O–H groups in total. The molecular weight excluding hydrogens is 312 g/mol. The SMILES string of the molecule is Cc1ccc(-c2nc(C)c(C(=O)NCc3cc(C)oc3C)s2)o1. The number of nitrogens with zero attached hydrogens (tertiary/aromatic N) is 1. The van der Waals surface area contributed by atoms with E-state index in [1.165, 1.54) is 11.3 Å². The van der Waals surface area contributed by atoms with Gasteiger partial charge in [-0.2, -0.15) is 0 Å². The number of rotatable bonds is 4. The lowest BCUT2D eigenvalue weighted by molar-refractivity contribution is 0.0954. The number of aromatic nitrogens is 1. The summed E-state index contributed by atoms with van der Waals surface area (Å²) in [4.78, 5) is 17.4. The maximum atomic E-state index is 12.4. The molecule has 1 amide bonds. The fourth-order valence-corrected chi connectivity index (χ4v) is 3.32. The molecule has 5 nitrogen and oxygen atoms in total. The van der Waals surface area contributed by atoms with E-state index in [2.05, 4.69) is 10.3 Å². The third kappa shape index (κ3) is 3.22. The first kappa shape index (κ1) is 15.6. The lowest BCUT2D eigenvalue weighted by Gasteiger charge is -2.02. The molecule has 0 unspecified atom stereocenters. The van der Waals surface area contributed by atoms with Gasteiger partial charge in [0.1, 0.15) is 22.2 Å². The highest BCUT2D eigenvalue weighted by Gasteiger charge is 2.18. The Morgan fingerprint density at radius 2 is 1.96 bits per heavy atom. The fraction of sp³-hybridized carbons (Fsp3) is 0.294. The van der Waals surface area contributed by atoms with Gasteiger partial charge in [-0.3, -0.25) is 4.79 Å². The molecule has 23 heavy (non-hydrogen) atoms. The second-order valence-corrected chi connectivity index (χ2v) is 6.46. The number of hydrogen-bond acceptors (Lipinski definition) is 5. The predicted octanol–water partition coefficient (Wildman–Crippen LogP) is 4.16. The molecular formula is C17H18N2O3S. The maximum Gasteiger partial charge on any atom is 0.263 e. The van der Waals surface area contributed by atoms with Gasteiger partial charge in [0.2, 0.25) is 0 Å². The van der Waals surface area contributed by atoms with Crippen LogP contribution in [0, 0.1) is 27.7 Å². The van der Waals surface area contributed by atoms with E-state index in [0.29, 0.717) is 22.9 Å². The van der Waals surface area contributed by atoms with Gasteiger partial charge in [-0.1, -0.05) is 0 Å². The summed E-state index contributed by atoms with van der Waals surface area (Å²) < 4.78 is 11.0. The molecule has 0 atom stereocenters. The zero-order valence-corrected chi connectivity index (χ0v) is 14.3. The third-order valence-electron chi connectivity index (χ3n) is 3.54. The predicted molar refractivity (Wildman–Crippen MR) is 88.6 cm³/mol. The van der Waals surface area contributed by atoms with Crippen molar-refractivity contribution in [2.24, 2.45) is 0 Å². The molecule has 3 aromatic heterocycles. The van der Waals surface area contributed by atoms with E-state index >= 15 is 0 Å². The number of nitrogens with one attached hydrogen (secondary N) is 1. The van der Waals surface area contributed by atoms with Crippen LogP contribution in [-0.2, 0) is 6.54 Å². The Morgan fingerprint density at radius 3 is 2.57 bits per heavy atom. The molecule has 0 spiro atoms. The Labute approximate surface area is 138 Å². The van der Waals surface area contributed by atoms with Crippen molar-refractivity contribution in [1.29, 1.82) is 0 Å². The molecule has 0 saturated carbocycles. The van der Waals surface area contributed by atoms with Gasteiger partial charge >= 0.3 is 0 Å². The first-order valence-electron chi connectivity index (χ1n) is 7.32. The van der Waals surface area contributed by atoms with Crippen molar-refractivity contribution < 1.29 is 13.6 Å². The molecule has 3 aromatic rings. The Hall–Kier alpha value is -2.34. The van der Waals surface area contributed by atoms with Crippen LogP contribution in [0.3, 0.4) is 0 Å². The van der Waals surface area contributed by atoms with Crippen molar-refractivity contribution in [3.8, 4) is 10.8 Å². The highest BCUT2D eigenvalue weighted by Crippen LogP contribution is 2.29. The van der Waals surface area contributed by atoms with Crippen LogP contribution in [0.15, 0.2) is 27.0 Å². The molecule has 3 rings (SSSR count). The van der Waals surface area contributed by atoms with Gasteiger partial charge in [0, 0.05) is 12.1 Å². The minimum atomic E-state index is -0.132. The van der Waals surface area contributed by atoms with E-state index < -0.39 is 0 Å². The summed E-state index contributed by atoms with van der Waals surface area (Å²) in [5.41, 5.74) is 1.69. The maximum absolute atomic E-state index is 12.4. The smallest absolute Gasteiger partial charge is 0.263 e. The number of hydrogen-bond donors (Lipinski definition) is 1. The number of carbonyl (C=O) groups excluding carboxylic acids is 1. The molecule has 6 heteroatoms. The van der Waals surface area contributed by atoms with Crippen LogP contribution in [-0.4, -0.2) is 10.9 Å². The van der Waals surface area contributed by atoms with Crippen LogP contribution < -0.4 is 5.32 Å². The normalized spacial score (nSPS) is 11.0. The van der Waals surface area contributed by atoms with Crippen molar-refractivity contribution in [1.82, 2.24) is 10.3 Å².